The zero-order valence-electron chi connectivity index (χ0n) is 7.56. The van der Waals surface area contributed by atoms with E-state index < -0.39 is 0 Å². The van der Waals surface area contributed by atoms with Crippen LogP contribution < -0.4 is 5.73 Å². The van der Waals surface area contributed by atoms with Crippen molar-refractivity contribution in [1.29, 1.82) is 0 Å². The molecule has 0 radical (unpaired) electrons. The summed E-state index contributed by atoms with van der Waals surface area (Å²) in [6.07, 6.45) is 2.15. The molecular formula is C10H13Br2N. The predicted molar refractivity (Wildman–Crippen MR) is 63.7 cm³/mol. The molecule has 0 amide bonds. The summed E-state index contributed by atoms with van der Waals surface area (Å²) in [4.78, 5) is 0. The van der Waals surface area contributed by atoms with Crippen LogP contribution >= 0.6 is 31.9 Å². The molecule has 1 rings (SSSR count). The van der Waals surface area contributed by atoms with Crippen LogP contribution in [0, 0.1) is 0 Å². The highest BCUT2D eigenvalue weighted by Gasteiger charge is 2.05. The molecule has 1 aromatic rings. The minimum Gasteiger partial charge on any atom is -0.324 e. The van der Waals surface area contributed by atoms with Crippen molar-refractivity contribution >= 4 is 31.9 Å². The van der Waals surface area contributed by atoms with E-state index in [1.165, 1.54) is 5.56 Å². The first-order valence-corrected chi connectivity index (χ1v) is 5.93. The van der Waals surface area contributed by atoms with E-state index >= 15 is 0 Å². The molecule has 0 aliphatic rings. The Morgan fingerprint density at radius 3 is 2.23 bits per heavy atom. The molecule has 2 N–H and O–H groups in total. The van der Waals surface area contributed by atoms with Crippen molar-refractivity contribution in [3.8, 4) is 0 Å². The van der Waals surface area contributed by atoms with Gasteiger partial charge in [0.2, 0.25) is 0 Å². The van der Waals surface area contributed by atoms with E-state index in [4.69, 9.17) is 5.73 Å². The van der Waals surface area contributed by atoms with Crippen LogP contribution in [0.5, 0.6) is 0 Å². The van der Waals surface area contributed by atoms with Gasteiger partial charge in [0.25, 0.3) is 0 Å². The van der Waals surface area contributed by atoms with Crippen LogP contribution in [0.1, 0.15) is 31.4 Å². The standard InChI is InChI=1S/C10H13Br2N/c1-2-3-10(13)7-4-8(11)6-9(12)5-7/h4-6,10H,2-3,13H2,1H3/t10-/m0/s1. The molecule has 0 spiro atoms. The Hall–Kier alpha value is 0.140. The molecule has 0 aliphatic heterocycles. The third-order valence-electron chi connectivity index (χ3n) is 1.91. The van der Waals surface area contributed by atoms with Gasteiger partial charge in [-0.2, -0.15) is 0 Å². The Morgan fingerprint density at radius 2 is 1.77 bits per heavy atom. The first kappa shape index (κ1) is 11.2. The van der Waals surface area contributed by atoms with Crippen molar-refractivity contribution in [3.05, 3.63) is 32.7 Å². The fourth-order valence-corrected chi connectivity index (χ4v) is 2.60. The zero-order chi connectivity index (χ0) is 9.84. The van der Waals surface area contributed by atoms with Crippen molar-refractivity contribution < 1.29 is 0 Å². The molecule has 0 saturated carbocycles. The molecule has 1 atom stereocenters. The molecule has 0 bridgehead atoms. The van der Waals surface area contributed by atoms with E-state index in [0.29, 0.717) is 0 Å². The number of benzene rings is 1. The van der Waals surface area contributed by atoms with E-state index in [1.54, 1.807) is 0 Å². The Labute approximate surface area is 96.0 Å². The summed E-state index contributed by atoms with van der Waals surface area (Å²) in [5.74, 6) is 0. The van der Waals surface area contributed by atoms with Gasteiger partial charge in [0.15, 0.2) is 0 Å². The Bertz CT molecular complexity index is 266. The lowest BCUT2D eigenvalue weighted by molar-refractivity contribution is 0.638. The van der Waals surface area contributed by atoms with Crippen LogP contribution in [0.2, 0.25) is 0 Å². The van der Waals surface area contributed by atoms with Gasteiger partial charge in [-0.3, -0.25) is 0 Å². The number of hydrogen-bond acceptors (Lipinski definition) is 1. The smallest absolute Gasteiger partial charge is 0.0295 e. The Kier molecular flexibility index (Phi) is 4.42. The second kappa shape index (κ2) is 5.13. The SMILES string of the molecule is CCC[C@H](N)c1cc(Br)cc(Br)c1. The first-order chi connectivity index (χ1) is 6.13. The molecular weight excluding hydrogens is 294 g/mol. The maximum absolute atomic E-state index is 6.00. The lowest BCUT2D eigenvalue weighted by Crippen LogP contribution is -2.09. The van der Waals surface area contributed by atoms with Gasteiger partial charge in [-0.15, -0.1) is 0 Å². The summed E-state index contributed by atoms with van der Waals surface area (Å²) in [6, 6.07) is 6.32. The Balaban J connectivity index is 2.87. The van der Waals surface area contributed by atoms with Crippen LogP contribution in [-0.4, -0.2) is 0 Å². The van der Waals surface area contributed by atoms with Crippen LogP contribution in [0.15, 0.2) is 27.1 Å². The fourth-order valence-electron chi connectivity index (χ4n) is 1.27. The Morgan fingerprint density at radius 1 is 1.23 bits per heavy atom. The number of hydrogen-bond donors (Lipinski definition) is 1. The van der Waals surface area contributed by atoms with Gasteiger partial charge in [0, 0.05) is 15.0 Å². The van der Waals surface area contributed by atoms with Crippen LogP contribution in [0.25, 0.3) is 0 Å². The lowest BCUT2D eigenvalue weighted by Gasteiger charge is -2.11. The van der Waals surface area contributed by atoms with Crippen LogP contribution in [0.3, 0.4) is 0 Å². The normalized spacial score (nSPS) is 12.9. The molecule has 0 unspecified atom stereocenters. The molecule has 1 nitrogen and oxygen atoms in total. The highest BCUT2D eigenvalue weighted by atomic mass is 79.9. The van der Waals surface area contributed by atoms with E-state index in [1.807, 2.05) is 6.07 Å². The summed E-state index contributed by atoms with van der Waals surface area (Å²) in [5, 5.41) is 0. The first-order valence-electron chi connectivity index (χ1n) is 4.35. The highest BCUT2D eigenvalue weighted by Crippen LogP contribution is 2.24. The summed E-state index contributed by atoms with van der Waals surface area (Å²) >= 11 is 6.89. The highest BCUT2D eigenvalue weighted by molar-refractivity contribution is 9.11. The topological polar surface area (TPSA) is 26.0 Å². The average molecular weight is 307 g/mol. The van der Waals surface area contributed by atoms with E-state index in [2.05, 4.69) is 50.9 Å². The second-order valence-electron chi connectivity index (χ2n) is 3.10. The van der Waals surface area contributed by atoms with E-state index in [9.17, 15) is 0 Å². The van der Waals surface area contributed by atoms with E-state index in [-0.39, 0.29) is 6.04 Å². The predicted octanol–water partition coefficient (Wildman–Crippen LogP) is 4.01. The minimum atomic E-state index is 0.152. The third-order valence-corrected chi connectivity index (χ3v) is 2.83. The molecule has 13 heavy (non-hydrogen) atoms. The van der Waals surface area contributed by atoms with Gasteiger partial charge < -0.3 is 5.73 Å². The van der Waals surface area contributed by atoms with Crippen molar-refractivity contribution in [2.45, 2.75) is 25.8 Å². The van der Waals surface area contributed by atoms with Crippen molar-refractivity contribution in [2.24, 2.45) is 5.73 Å². The molecule has 1 aromatic carbocycles. The molecule has 0 aromatic heterocycles. The van der Waals surface area contributed by atoms with Gasteiger partial charge in [0.1, 0.15) is 0 Å². The van der Waals surface area contributed by atoms with Crippen LogP contribution in [-0.2, 0) is 0 Å². The van der Waals surface area contributed by atoms with Gasteiger partial charge >= 0.3 is 0 Å². The number of nitrogens with two attached hydrogens (primary N) is 1. The van der Waals surface area contributed by atoms with Crippen molar-refractivity contribution in [3.63, 3.8) is 0 Å². The molecule has 0 fully saturated rings. The van der Waals surface area contributed by atoms with Gasteiger partial charge in [-0.1, -0.05) is 45.2 Å². The average Bonchev–Trinajstić information content (AvgIpc) is 2.03. The third kappa shape index (κ3) is 3.41. The molecule has 0 heterocycles. The summed E-state index contributed by atoms with van der Waals surface area (Å²) in [6.45, 7) is 2.15. The van der Waals surface area contributed by atoms with Gasteiger partial charge in [-0.05, 0) is 30.2 Å². The van der Waals surface area contributed by atoms with Crippen molar-refractivity contribution in [1.82, 2.24) is 0 Å². The van der Waals surface area contributed by atoms with Gasteiger partial charge in [-0.25, -0.2) is 0 Å². The summed E-state index contributed by atoms with van der Waals surface area (Å²) in [5.41, 5.74) is 7.19. The quantitative estimate of drug-likeness (QED) is 0.897. The number of halogens is 2. The summed E-state index contributed by atoms with van der Waals surface area (Å²) < 4.78 is 2.15. The number of rotatable bonds is 3. The second-order valence-corrected chi connectivity index (χ2v) is 4.93. The molecule has 3 heteroatoms. The minimum absolute atomic E-state index is 0.152. The van der Waals surface area contributed by atoms with Crippen molar-refractivity contribution in [2.75, 3.05) is 0 Å². The zero-order valence-corrected chi connectivity index (χ0v) is 10.7. The largest absolute Gasteiger partial charge is 0.324 e. The lowest BCUT2D eigenvalue weighted by atomic mass is 10.0. The van der Waals surface area contributed by atoms with E-state index in [0.717, 1.165) is 21.8 Å². The molecule has 0 saturated heterocycles. The fraction of sp³-hybridized carbons (Fsp3) is 0.400. The molecule has 0 aliphatic carbocycles. The van der Waals surface area contributed by atoms with Gasteiger partial charge in [0.05, 0.1) is 0 Å². The maximum atomic E-state index is 6.00. The summed E-state index contributed by atoms with van der Waals surface area (Å²) in [7, 11) is 0. The monoisotopic (exact) mass is 305 g/mol. The molecule has 72 valence electrons. The maximum Gasteiger partial charge on any atom is 0.0295 e. The van der Waals surface area contributed by atoms with Crippen LogP contribution in [0.4, 0.5) is 0 Å².